The normalized spacial score (nSPS) is 10.3. The van der Waals surface area contributed by atoms with Gasteiger partial charge in [-0.2, -0.15) is 0 Å². The molecule has 0 aromatic heterocycles. The Morgan fingerprint density at radius 1 is 1.25 bits per heavy atom. The number of nitrogens with two attached hydrogens (primary N) is 1. The molecule has 0 saturated heterocycles. The maximum absolute atomic E-state index is 12.3. The number of anilines is 2. The lowest BCUT2D eigenvalue weighted by atomic mass is 10.1. The summed E-state index contributed by atoms with van der Waals surface area (Å²) in [6, 6.07) is 12.7. The first-order chi connectivity index (χ1) is 9.63. The van der Waals surface area contributed by atoms with Gasteiger partial charge in [-0.05, 0) is 30.0 Å². The summed E-state index contributed by atoms with van der Waals surface area (Å²) in [7, 11) is 0. The van der Waals surface area contributed by atoms with E-state index in [0.717, 1.165) is 16.3 Å². The minimum absolute atomic E-state index is 0.255. The average molecular weight is 307 g/mol. The van der Waals surface area contributed by atoms with Crippen LogP contribution in [0.4, 0.5) is 11.4 Å². The van der Waals surface area contributed by atoms with Crippen molar-refractivity contribution in [3.8, 4) is 0 Å². The summed E-state index contributed by atoms with van der Waals surface area (Å²) in [6.45, 7) is 2.07. The van der Waals surface area contributed by atoms with Crippen LogP contribution < -0.4 is 11.1 Å². The molecule has 3 N–H and O–H groups in total. The second kappa shape index (κ2) is 6.68. The van der Waals surface area contributed by atoms with Crippen molar-refractivity contribution in [2.75, 3.05) is 16.8 Å². The van der Waals surface area contributed by atoms with E-state index >= 15 is 0 Å². The Morgan fingerprint density at radius 2 is 2.00 bits per heavy atom. The highest BCUT2D eigenvalue weighted by Gasteiger charge is 2.13. The van der Waals surface area contributed by atoms with E-state index in [1.54, 1.807) is 30.0 Å². The van der Waals surface area contributed by atoms with Crippen LogP contribution in [0.5, 0.6) is 0 Å². The number of nitrogen functional groups attached to an aromatic ring is 1. The summed E-state index contributed by atoms with van der Waals surface area (Å²) in [4.78, 5) is 13.3. The molecule has 2 aromatic carbocycles. The minimum atomic E-state index is -0.255. The quantitative estimate of drug-likeness (QED) is 0.654. The molecule has 0 heterocycles. The smallest absolute Gasteiger partial charge is 0.257 e. The molecular weight excluding hydrogens is 292 g/mol. The number of thioether (sulfide) groups is 1. The fourth-order valence-electron chi connectivity index (χ4n) is 1.78. The number of nitrogens with one attached hydrogen (secondary N) is 1. The molecule has 2 aromatic rings. The molecule has 5 heteroatoms. The molecule has 0 fully saturated rings. The molecular formula is C15H15ClN2OS. The zero-order valence-electron chi connectivity index (χ0n) is 11.0. The number of benzene rings is 2. The summed E-state index contributed by atoms with van der Waals surface area (Å²) in [6.07, 6.45) is 0. The number of hydrogen-bond acceptors (Lipinski definition) is 3. The number of halogens is 1. The van der Waals surface area contributed by atoms with Gasteiger partial charge in [0.25, 0.3) is 5.91 Å². The lowest BCUT2D eigenvalue weighted by molar-refractivity contribution is 0.102. The second-order valence-corrected chi connectivity index (χ2v) is 5.80. The van der Waals surface area contributed by atoms with Crippen molar-refractivity contribution in [2.24, 2.45) is 0 Å². The Bertz CT molecular complexity index is 631. The van der Waals surface area contributed by atoms with Crippen LogP contribution in [0.3, 0.4) is 0 Å². The summed E-state index contributed by atoms with van der Waals surface area (Å²) < 4.78 is 0. The van der Waals surface area contributed by atoms with Crippen molar-refractivity contribution < 1.29 is 4.79 Å². The monoisotopic (exact) mass is 306 g/mol. The highest BCUT2D eigenvalue weighted by atomic mass is 35.5. The molecule has 3 nitrogen and oxygen atoms in total. The molecule has 0 spiro atoms. The summed E-state index contributed by atoms with van der Waals surface area (Å²) in [5, 5.41) is 3.26. The van der Waals surface area contributed by atoms with Gasteiger partial charge in [-0.25, -0.2) is 0 Å². The minimum Gasteiger partial charge on any atom is -0.397 e. The summed E-state index contributed by atoms with van der Waals surface area (Å²) in [5.41, 5.74) is 7.30. The second-order valence-electron chi connectivity index (χ2n) is 4.08. The Labute approximate surface area is 127 Å². The molecule has 0 unspecified atom stereocenters. The Balaban J connectivity index is 2.26. The van der Waals surface area contributed by atoms with Gasteiger partial charge in [0.1, 0.15) is 0 Å². The molecule has 0 aliphatic rings. The summed E-state index contributed by atoms with van der Waals surface area (Å²) >= 11 is 7.61. The standard InChI is InChI=1S/C15H15ClN2OS/c1-2-20-13-9-4-3-8-12(13)18-15(19)10-6-5-7-11(16)14(10)17/h3-9H,2,17H2,1H3,(H,18,19). The highest BCUT2D eigenvalue weighted by molar-refractivity contribution is 7.99. The zero-order valence-corrected chi connectivity index (χ0v) is 12.6. The van der Waals surface area contributed by atoms with E-state index in [1.165, 1.54) is 0 Å². The first kappa shape index (κ1) is 14.8. The molecule has 0 atom stereocenters. The molecule has 0 bridgehead atoms. The Morgan fingerprint density at radius 3 is 2.75 bits per heavy atom. The van der Waals surface area contributed by atoms with Crippen LogP contribution in [0.15, 0.2) is 47.4 Å². The molecule has 0 saturated carbocycles. The number of carbonyl (C=O) groups is 1. The van der Waals surface area contributed by atoms with Crippen LogP contribution in [0.25, 0.3) is 0 Å². The van der Waals surface area contributed by atoms with Gasteiger partial charge in [0.15, 0.2) is 0 Å². The van der Waals surface area contributed by atoms with E-state index in [4.69, 9.17) is 17.3 Å². The van der Waals surface area contributed by atoms with Crippen LogP contribution in [-0.2, 0) is 0 Å². The maximum Gasteiger partial charge on any atom is 0.257 e. The van der Waals surface area contributed by atoms with Crippen molar-refractivity contribution in [3.05, 3.63) is 53.1 Å². The van der Waals surface area contributed by atoms with E-state index in [0.29, 0.717) is 16.3 Å². The van der Waals surface area contributed by atoms with Crippen molar-refractivity contribution >= 4 is 40.6 Å². The molecule has 104 valence electrons. The van der Waals surface area contributed by atoms with Gasteiger partial charge in [0.05, 0.1) is 22.0 Å². The predicted molar refractivity (Wildman–Crippen MR) is 86.7 cm³/mol. The molecule has 0 aliphatic carbocycles. The Kier molecular flexibility index (Phi) is 4.93. The van der Waals surface area contributed by atoms with Crippen LogP contribution >= 0.6 is 23.4 Å². The number of para-hydroxylation sites is 2. The fourth-order valence-corrected chi connectivity index (χ4v) is 2.71. The van der Waals surface area contributed by atoms with E-state index in [1.807, 2.05) is 24.3 Å². The van der Waals surface area contributed by atoms with E-state index < -0.39 is 0 Å². The van der Waals surface area contributed by atoms with Crippen LogP contribution in [0.2, 0.25) is 5.02 Å². The van der Waals surface area contributed by atoms with E-state index in [2.05, 4.69) is 12.2 Å². The lowest BCUT2D eigenvalue weighted by Gasteiger charge is -2.11. The van der Waals surface area contributed by atoms with Crippen LogP contribution in [0, 0.1) is 0 Å². The van der Waals surface area contributed by atoms with Gasteiger partial charge >= 0.3 is 0 Å². The van der Waals surface area contributed by atoms with E-state index in [9.17, 15) is 4.79 Å². The van der Waals surface area contributed by atoms with Gasteiger partial charge in [0.2, 0.25) is 0 Å². The average Bonchev–Trinajstić information content (AvgIpc) is 2.44. The van der Waals surface area contributed by atoms with Gasteiger partial charge in [-0.1, -0.05) is 36.7 Å². The maximum atomic E-state index is 12.3. The molecule has 20 heavy (non-hydrogen) atoms. The number of rotatable bonds is 4. The topological polar surface area (TPSA) is 55.1 Å². The van der Waals surface area contributed by atoms with Crippen molar-refractivity contribution in [1.29, 1.82) is 0 Å². The van der Waals surface area contributed by atoms with Gasteiger partial charge in [-0.3, -0.25) is 4.79 Å². The first-order valence-electron chi connectivity index (χ1n) is 6.20. The third-order valence-corrected chi connectivity index (χ3v) is 4.02. The number of carbonyl (C=O) groups excluding carboxylic acids is 1. The van der Waals surface area contributed by atoms with Crippen molar-refractivity contribution in [2.45, 2.75) is 11.8 Å². The Hall–Kier alpha value is -1.65. The molecule has 2 rings (SSSR count). The molecule has 1 amide bonds. The first-order valence-corrected chi connectivity index (χ1v) is 7.57. The van der Waals surface area contributed by atoms with Crippen molar-refractivity contribution in [3.63, 3.8) is 0 Å². The van der Waals surface area contributed by atoms with Gasteiger partial charge < -0.3 is 11.1 Å². The van der Waals surface area contributed by atoms with E-state index in [-0.39, 0.29) is 5.91 Å². The SMILES string of the molecule is CCSc1ccccc1NC(=O)c1cccc(Cl)c1N. The van der Waals surface area contributed by atoms with Crippen LogP contribution in [-0.4, -0.2) is 11.7 Å². The molecule has 0 radical (unpaired) electrons. The van der Waals surface area contributed by atoms with Crippen LogP contribution in [0.1, 0.15) is 17.3 Å². The number of amides is 1. The zero-order chi connectivity index (χ0) is 14.5. The lowest BCUT2D eigenvalue weighted by Crippen LogP contribution is -2.14. The third-order valence-electron chi connectivity index (χ3n) is 2.73. The highest BCUT2D eigenvalue weighted by Crippen LogP contribution is 2.28. The van der Waals surface area contributed by atoms with Gasteiger partial charge in [-0.15, -0.1) is 11.8 Å². The summed E-state index contributed by atoms with van der Waals surface area (Å²) in [5.74, 6) is 0.681. The molecule has 0 aliphatic heterocycles. The largest absolute Gasteiger partial charge is 0.397 e. The third kappa shape index (κ3) is 3.26. The van der Waals surface area contributed by atoms with Crippen molar-refractivity contribution in [1.82, 2.24) is 0 Å². The number of hydrogen-bond donors (Lipinski definition) is 2. The predicted octanol–water partition coefficient (Wildman–Crippen LogP) is 4.29. The van der Waals surface area contributed by atoms with Gasteiger partial charge in [0, 0.05) is 4.90 Å². The fraction of sp³-hybridized carbons (Fsp3) is 0.133.